The third-order valence-electron chi connectivity index (χ3n) is 5.26. The van der Waals surface area contributed by atoms with Gasteiger partial charge in [-0.2, -0.15) is 0 Å². The molecule has 146 valence electrons. The van der Waals surface area contributed by atoms with Gasteiger partial charge in [0.25, 0.3) is 0 Å². The molecule has 3 rings (SSSR count). The van der Waals surface area contributed by atoms with E-state index in [1.807, 2.05) is 24.6 Å². The Bertz CT molecular complexity index is 847. The van der Waals surface area contributed by atoms with E-state index in [4.69, 9.17) is 5.73 Å². The molecule has 1 saturated carbocycles. The lowest BCUT2D eigenvalue weighted by atomic mass is 9.92. The quantitative estimate of drug-likeness (QED) is 0.761. The van der Waals surface area contributed by atoms with E-state index >= 15 is 0 Å². The maximum atomic E-state index is 14.4. The molecule has 0 radical (unpaired) electrons. The van der Waals surface area contributed by atoms with Crippen molar-refractivity contribution in [3.63, 3.8) is 0 Å². The van der Waals surface area contributed by atoms with Gasteiger partial charge in [0, 0.05) is 43.6 Å². The number of nitrogens with one attached hydrogen (secondary N) is 1. The van der Waals surface area contributed by atoms with E-state index in [1.54, 1.807) is 6.20 Å². The zero-order valence-corrected chi connectivity index (χ0v) is 15.7. The first-order chi connectivity index (χ1) is 12.7. The van der Waals surface area contributed by atoms with Gasteiger partial charge in [0.1, 0.15) is 11.6 Å². The molecule has 3 N–H and O–H groups in total. The van der Waals surface area contributed by atoms with Gasteiger partial charge in [0.15, 0.2) is 0 Å². The number of aryl methyl sites for hydroxylation is 1. The molecule has 27 heavy (non-hydrogen) atoms. The third kappa shape index (κ3) is 4.28. The van der Waals surface area contributed by atoms with Gasteiger partial charge < -0.3 is 15.6 Å². The maximum absolute atomic E-state index is 14.4. The van der Waals surface area contributed by atoms with Crippen molar-refractivity contribution in [3.05, 3.63) is 47.8 Å². The molecule has 1 aliphatic rings. The van der Waals surface area contributed by atoms with Crippen LogP contribution in [-0.4, -0.2) is 21.5 Å². The molecule has 7 heteroatoms. The van der Waals surface area contributed by atoms with Gasteiger partial charge in [-0.1, -0.05) is 6.58 Å². The second-order valence-electron chi connectivity index (χ2n) is 7.34. The number of nitrogen functional groups attached to an aromatic ring is 1. The first-order valence-electron chi connectivity index (χ1n) is 9.05. The average molecular weight is 378 g/mol. The van der Waals surface area contributed by atoms with Crippen LogP contribution in [0, 0.1) is 12.7 Å². The average Bonchev–Trinajstić information content (AvgIpc) is 2.93. The molecule has 1 heterocycles. The Labute approximate surface area is 157 Å². The number of anilines is 1. The van der Waals surface area contributed by atoms with Gasteiger partial charge >= 0.3 is 0 Å². The summed E-state index contributed by atoms with van der Waals surface area (Å²) in [6, 6.07) is 3.19. The fourth-order valence-electron chi connectivity index (χ4n) is 3.49. The molecular weight excluding hydrogens is 353 g/mol. The van der Waals surface area contributed by atoms with Gasteiger partial charge in [-0.05, 0) is 37.5 Å². The number of nitrogens with two attached hydrogens (primary N) is 1. The Morgan fingerprint density at radius 2 is 2.04 bits per heavy atom. The van der Waals surface area contributed by atoms with E-state index in [1.165, 1.54) is 6.07 Å². The van der Waals surface area contributed by atoms with E-state index in [0.29, 0.717) is 36.1 Å². The highest BCUT2D eigenvalue weighted by atomic mass is 19.3. The molecule has 2 aromatic rings. The minimum atomic E-state index is -2.57. The number of imidazole rings is 1. The molecule has 0 aliphatic heterocycles. The zero-order chi connectivity index (χ0) is 19.8. The third-order valence-corrected chi connectivity index (χ3v) is 5.26. The van der Waals surface area contributed by atoms with E-state index in [9.17, 15) is 13.2 Å². The topological polar surface area (TPSA) is 55.9 Å². The normalized spacial score (nSPS) is 17.1. The molecule has 0 atom stereocenters. The number of alkyl halides is 2. The van der Waals surface area contributed by atoms with Gasteiger partial charge in [-0.15, -0.1) is 0 Å². The van der Waals surface area contributed by atoms with Gasteiger partial charge in [-0.25, -0.2) is 18.2 Å². The summed E-state index contributed by atoms with van der Waals surface area (Å²) in [4.78, 5) is 4.24. The van der Waals surface area contributed by atoms with Crippen LogP contribution in [0.4, 0.5) is 18.9 Å². The van der Waals surface area contributed by atoms with Crippen LogP contribution in [0.15, 0.2) is 30.6 Å². The lowest BCUT2D eigenvalue weighted by Gasteiger charge is -2.30. The highest BCUT2D eigenvalue weighted by Gasteiger charge is 2.34. The molecular formula is C20H25F3N4. The Morgan fingerprint density at radius 3 is 2.63 bits per heavy atom. The molecule has 0 unspecified atom stereocenters. The van der Waals surface area contributed by atoms with Crippen molar-refractivity contribution in [3.8, 4) is 11.3 Å². The van der Waals surface area contributed by atoms with Crippen molar-refractivity contribution in [1.82, 2.24) is 14.9 Å². The molecule has 1 aromatic carbocycles. The minimum Gasteiger partial charge on any atom is -0.396 e. The summed E-state index contributed by atoms with van der Waals surface area (Å²) in [5.41, 5.74) is 8.74. The van der Waals surface area contributed by atoms with Crippen LogP contribution in [0.5, 0.6) is 0 Å². The molecule has 1 aromatic heterocycles. The Hall–Kier alpha value is -2.44. The van der Waals surface area contributed by atoms with Crippen molar-refractivity contribution in [2.75, 3.05) is 5.73 Å². The fourth-order valence-corrected chi connectivity index (χ4v) is 3.49. The highest BCUT2D eigenvalue weighted by molar-refractivity contribution is 5.66. The van der Waals surface area contributed by atoms with Crippen LogP contribution in [-0.2, 0) is 13.5 Å². The smallest absolute Gasteiger partial charge is 0.248 e. The summed E-state index contributed by atoms with van der Waals surface area (Å²) in [6.07, 6.45) is 2.57. The number of benzene rings is 1. The zero-order valence-electron chi connectivity index (χ0n) is 15.7. The fraction of sp³-hybridized carbons (Fsp3) is 0.450. The van der Waals surface area contributed by atoms with Crippen LogP contribution in [0.25, 0.3) is 11.3 Å². The molecule has 4 nitrogen and oxygen atoms in total. The predicted octanol–water partition coefficient (Wildman–Crippen LogP) is 4.34. The number of hydrogen-bond donors (Lipinski definition) is 2. The Morgan fingerprint density at radius 1 is 1.37 bits per heavy atom. The van der Waals surface area contributed by atoms with Crippen LogP contribution >= 0.6 is 0 Å². The number of allylic oxidation sites excluding steroid dienone is 1. The summed E-state index contributed by atoms with van der Waals surface area (Å²) in [6.45, 7) is 5.85. The second-order valence-corrected chi connectivity index (χ2v) is 7.34. The van der Waals surface area contributed by atoms with Gasteiger partial charge in [0.05, 0.1) is 17.6 Å². The SMILES string of the molecule is C=C(Cc1cc(-c2cnc(C)n2C)cc(F)c1N)NC1CCC(F)(F)CC1. The van der Waals surface area contributed by atoms with Crippen LogP contribution < -0.4 is 11.1 Å². The van der Waals surface area contributed by atoms with E-state index < -0.39 is 11.7 Å². The standard InChI is InChI=1S/C20H25F3N4/c1-12(26-16-4-6-20(22,23)7-5-16)8-15-9-14(10-17(21)19(15)24)18-11-25-13(2)27(18)3/h9-11,16,26H,1,4-8,24H2,2-3H3. The van der Waals surface area contributed by atoms with Crippen LogP contribution in [0.2, 0.25) is 0 Å². The molecule has 0 amide bonds. The number of rotatable bonds is 5. The molecule has 1 aliphatic carbocycles. The number of halogens is 3. The minimum absolute atomic E-state index is 0.0360. The second kappa shape index (κ2) is 7.29. The maximum Gasteiger partial charge on any atom is 0.248 e. The van der Waals surface area contributed by atoms with E-state index in [2.05, 4.69) is 16.9 Å². The van der Waals surface area contributed by atoms with Crippen LogP contribution in [0.1, 0.15) is 37.1 Å². The summed E-state index contributed by atoms with van der Waals surface area (Å²) in [5.74, 6) is -2.24. The highest BCUT2D eigenvalue weighted by Crippen LogP contribution is 2.33. The molecule has 0 saturated heterocycles. The molecule has 0 spiro atoms. The van der Waals surface area contributed by atoms with Crippen molar-refractivity contribution in [1.29, 1.82) is 0 Å². The summed E-state index contributed by atoms with van der Waals surface area (Å²) >= 11 is 0. The van der Waals surface area contributed by atoms with Gasteiger partial charge in [-0.3, -0.25) is 0 Å². The molecule has 0 bridgehead atoms. The van der Waals surface area contributed by atoms with Gasteiger partial charge in [0.2, 0.25) is 5.92 Å². The number of hydrogen-bond acceptors (Lipinski definition) is 3. The van der Waals surface area contributed by atoms with Crippen molar-refractivity contribution >= 4 is 5.69 Å². The first kappa shape index (κ1) is 19.3. The lowest BCUT2D eigenvalue weighted by Crippen LogP contribution is -2.36. The number of nitrogens with zero attached hydrogens (tertiary/aromatic N) is 2. The van der Waals surface area contributed by atoms with Crippen molar-refractivity contribution in [2.45, 2.75) is 51.0 Å². The molecule has 1 fully saturated rings. The number of aromatic nitrogens is 2. The van der Waals surface area contributed by atoms with E-state index in [-0.39, 0.29) is 24.6 Å². The van der Waals surface area contributed by atoms with Crippen molar-refractivity contribution in [2.24, 2.45) is 7.05 Å². The Balaban J connectivity index is 1.74. The Kier molecular flexibility index (Phi) is 5.22. The predicted molar refractivity (Wildman–Crippen MR) is 101 cm³/mol. The van der Waals surface area contributed by atoms with E-state index in [0.717, 1.165) is 11.5 Å². The van der Waals surface area contributed by atoms with Crippen molar-refractivity contribution < 1.29 is 13.2 Å². The summed E-state index contributed by atoms with van der Waals surface area (Å²) in [7, 11) is 1.87. The monoisotopic (exact) mass is 378 g/mol. The van der Waals surface area contributed by atoms with Crippen LogP contribution in [0.3, 0.4) is 0 Å². The lowest BCUT2D eigenvalue weighted by molar-refractivity contribution is -0.0397. The largest absolute Gasteiger partial charge is 0.396 e. The summed E-state index contributed by atoms with van der Waals surface area (Å²) < 4.78 is 42.8. The first-order valence-corrected chi connectivity index (χ1v) is 9.05. The summed E-state index contributed by atoms with van der Waals surface area (Å²) in [5, 5.41) is 3.20.